The molecule has 0 spiro atoms. The zero-order valence-corrected chi connectivity index (χ0v) is 19.1. The fourth-order valence-electron chi connectivity index (χ4n) is 3.41. The largest absolute Gasteiger partial charge is 0.496 e. The van der Waals surface area contributed by atoms with Gasteiger partial charge in [0.15, 0.2) is 0 Å². The second kappa shape index (κ2) is 10.5. The summed E-state index contributed by atoms with van der Waals surface area (Å²) in [5.41, 5.74) is 2.23. The Morgan fingerprint density at radius 1 is 0.943 bits per heavy atom. The highest BCUT2D eigenvalue weighted by atomic mass is 19.1. The molecule has 4 rings (SSSR count). The Morgan fingerprint density at radius 3 is 2.34 bits per heavy atom. The van der Waals surface area contributed by atoms with Crippen LogP contribution in [0, 0.1) is 5.82 Å². The van der Waals surface area contributed by atoms with E-state index in [1.165, 1.54) is 31.4 Å². The molecule has 0 fully saturated rings. The molecule has 0 radical (unpaired) electrons. The maximum atomic E-state index is 13.0. The predicted molar refractivity (Wildman–Crippen MR) is 132 cm³/mol. The van der Waals surface area contributed by atoms with Crippen molar-refractivity contribution in [1.29, 1.82) is 0 Å². The van der Waals surface area contributed by atoms with E-state index in [0.717, 1.165) is 5.69 Å². The van der Waals surface area contributed by atoms with Gasteiger partial charge in [0.1, 0.15) is 23.1 Å². The lowest BCUT2D eigenvalue weighted by Crippen LogP contribution is -2.21. The molecule has 0 saturated carbocycles. The number of ether oxygens (including phenoxy) is 2. The summed E-state index contributed by atoms with van der Waals surface area (Å²) < 4.78 is 24.4. The first-order chi connectivity index (χ1) is 17.0. The highest BCUT2D eigenvalue weighted by molar-refractivity contribution is 6.02. The summed E-state index contributed by atoms with van der Waals surface area (Å²) in [6, 6.07) is 17.7. The minimum absolute atomic E-state index is 0.0384. The molecule has 35 heavy (non-hydrogen) atoms. The smallest absolute Gasteiger partial charge is 0.254 e. The maximum absolute atomic E-state index is 13.0. The standard InChI is InChI=1S/C26H23FN4O4/c1-28-26(33)21-13-20-22(14-24(21)34-2)29-12-11-23(20)35-19-9-7-17(8-10-19)30-15-25(32)31-18-5-3-16(27)4-6-18/h3-14,30H,15H2,1-2H3,(H,28,33)(H,31,32). The monoisotopic (exact) mass is 474 g/mol. The maximum Gasteiger partial charge on any atom is 0.254 e. The molecule has 8 nitrogen and oxygen atoms in total. The van der Waals surface area contributed by atoms with E-state index in [4.69, 9.17) is 9.47 Å². The number of methoxy groups -OCH3 is 1. The zero-order valence-electron chi connectivity index (χ0n) is 19.1. The summed E-state index contributed by atoms with van der Waals surface area (Å²) in [5, 5.41) is 8.97. The van der Waals surface area contributed by atoms with Crippen molar-refractivity contribution in [2.45, 2.75) is 0 Å². The van der Waals surface area contributed by atoms with E-state index in [0.29, 0.717) is 39.4 Å². The molecule has 0 aliphatic heterocycles. The summed E-state index contributed by atoms with van der Waals surface area (Å²) in [6.45, 7) is 0.0384. The number of pyridine rings is 1. The summed E-state index contributed by atoms with van der Waals surface area (Å²) >= 11 is 0. The number of hydrogen-bond acceptors (Lipinski definition) is 6. The second-order valence-corrected chi connectivity index (χ2v) is 7.49. The van der Waals surface area contributed by atoms with Crippen molar-refractivity contribution < 1.29 is 23.5 Å². The number of carbonyl (C=O) groups is 2. The third-order valence-corrected chi connectivity index (χ3v) is 5.16. The molecule has 4 aromatic rings. The molecule has 0 aliphatic rings. The molecule has 2 amide bonds. The molecule has 0 saturated heterocycles. The van der Waals surface area contributed by atoms with Gasteiger partial charge >= 0.3 is 0 Å². The summed E-state index contributed by atoms with van der Waals surface area (Å²) in [5.74, 6) is 0.605. The molecule has 0 atom stereocenters. The Hall–Kier alpha value is -4.66. The number of rotatable bonds is 8. The molecular weight excluding hydrogens is 451 g/mol. The highest BCUT2D eigenvalue weighted by Gasteiger charge is 2.15. The van der Waals surface area contributed by atoms with Crippen LogP contribution in [0.25, 0.3) is 10.9 Å². The van der Waals surface area contributed by atoms with Crippen LogP contribution in [-0.4, -0.2) is 37.5 Å². The predicted octanol–water partition coefficient (Wildman–Crippen LogP) is 4.59. The summed E-state index contributed by atoms with van der Waals surface area (Å²) in [4.78, 5) is 28.7. The van der Waals surface area contributed by atoms with E-state index in [1.54, 1.807) is 55.7 Å². The third-order valence-electron chi connectivity index (χ3n) is 5.16. The van der Waals surface area contributed by atoms with Crippen molar-refractivity contribution in [3.8, 4) is 17.2 Å². The lowest BCUT2D eigenvalue weighted by molar-refractivity contribution is -0.114. The number of anilines is 2. The van der Waals surface area contributed by atoms with Crippen molar-refractivity contribution in [3.63, 3.8) is 0 Å². The van der Waals surface area contributed by atoms with Crippen LogP contribution in [0.15, 0.2) is 72.9 Å². The van der Waals surface area contributed by atoms with Crippen LogP contribution in [0.2, 0.25) is 0 Å². The number of fused-ring (bicyclic) bond motifs is 1. The van der Waals surface area contributed by atoms with Gasteiger partial charge in [-0.1, -0.05) is 0 Å². The minimum atomic E-state index is -0.366. The topological polar surface area (TPSA) is 102 Å². The first kappa shape index (κ1) is 23.5. The van der Waals surface area contributed by atoms with Gasteiger partial charge in [-0.05, 0) is 60.7 Å². The number of halogens is 1. The second-order valence-electron chi connectivity index (χ2n) is 7.49. The quantitative estimate of drug-likeness (QED) is 0.345. The van der Waals surface area contributed by atoms with E-state index in [-0.39, 0.29) is 24.2 Å². The van der Waals surface area contributed by atoms with E-state index in [9.17, 15) is 14.0 Å². The van der Waals surface area contributed by atoms with Crippen LogP contribution < -0.4 is 25.4 Å². The van der Waals surface area contributed by atoms with Crippen LogP contribution in [0.4, 0.5) is 15.8 Å². The Labute approximate surface area is 201 Å². The molecular formula is C26H23FN4O4. The van der Waals surface area contributed by atoms with Gasteiger partial charge in [-0.2, -0.15) is 0 Å². The van der Waals surface area contributed by atoms with E-state index >= 15 is 0 Å². The van der Waals surface area contributed by atoms with Crippen LogP contribution in [0.1, 0.15) is 10.4 Å². The molecule has 9 heteroatoms. The van der Waals surface area contributed by atoms with Crippen LogP contribution in [0.5, 0.6) is 17.2 Å². The average molecular weight is 474 g/mol. The third kappa shape index (κ3) is 5.64. The van der Waals surface area contributed by atoms with Crippen LogP contribution in [0.3, 0.4) is 0 Å². The van der Waals surface area contributed by atoms with Crippen molar-refractivity contribution in [2.24, 2.45) is 0 Å². The van der Waals surface area contributed by atoms with Gasteiger partial charge in [0.25, 0.3) is 5.91 Å². The van der Waals surface area contributed by atoms with Crippen molar-refractivity contribution in [2.75, 3.05) is 31.3 Å². The number of benzene rings is 3. The fraction of sp³-hybridized carbons (Fsp3) is 0.115. The Bertz CT molecular complexity index is 1360. The first-order valence-electron chi connectivity index (χ1n) is 10.7. The van der Waals surface area contributed by atoms with Crippen molar-refractivity contribution in [1.82, 2.24) is 10.3 Å². The highest BCUT2D eigenvalue weighted by Crippen LogP contribution is 2.33. The molecule has 3 N–H and O–H groups in total. The zero-order chi connectivity index (χ0) is 24.8. The first-order valence-corrected chi connectivity index (χ1v) is 10.7. The number of amides is 2. The lowest BCUT2D eigenvalue weighted by atomic mass is 10.1. The van der Waals surface area contributed by atoms with E-state index < -0.39 is 0 Å². The number of hydrogen-bond donors (Lipinski definition) is 3. The van der Waals surface area contributed by atoms with Gasteiger partial charge in [0.2, 0.25) is 5.91 Å². The molecule has 0 unspecified atom stereocenters. The van der Waals surface area contributed by atoms with Gasteiger partial charge < -0.3 is 25.4 Å². The van der Waals surface area contributed by atoms with Crippen LogP contribution >= 0.6 is 0 Å². The van der Waals surface area contributed by atoms with Gasteiger partial charge in [0, 0.05) is 36.1 Å². The molecule has 0 bridgehead atoms. The van der Waals surface area contributed by atoms with Crippen molar-refractivity contribution >= 4 is 34.1 Å². The van der Waals surface area contributed by atoms with Gasteiger partial charge in [-0.25, -0.2) is 4.39 Å². The lowest BCUT2D eigenvalue weighted by Gasteiger charge is -2.13. The van der Waals surface area contributed by atoms with Crippen molar-refractivity contribution in [3.05, 3.63) is 84.3 Å². The van der Waals surface area contributed by atoms with Crippen LogP contribution in [-0.2, 0) is 4.79 Å². The minimum Gasteiger partial charge on any atom is -0.496 e. The average Bonchev–Trinajstić information content (AvgIpc) is 2.88. The number of aromatic nitrogens is 1. The number of nitrogens with one attached hydrogen (secondary N) is 3. The SMILES string of the molecule is CNC(=O)c1cc2c(Oc3ccc(NCC(=O)Nc4ccc(F)cc4)cc3)ccnc2cc1OC. The molecule has 0 aliphatic carbocycles. The van der Waals surface area contributed by atoms with Gasteiger partial charge in [0.05, 0.1) is 24.7 Å². The molecule has 3 aromatic carbocycles. The molecule has 1 heterocycles. The van der Waals surface area contributed by atoms with Gasteiger partial charge in [-0.15, -0.1) is 0 Å². The Balaban J connectivity index is 1.44. The molecule has 1 aromatic heterocycles. The number of carbonyl (C=O) groups excluding carboxylic acids is 2. The van der Waals surface area contributed by atoms with E-state index in [2.05, 4.69) is 20.9 Å². The van der Waals surface area contributed by atoms with Gasteiger partial charge in [-0.3, -0.25) is 14.6 Å². The van der Waals surface area contributed by atoms with E-state index in [1.807, 2.05) is 0 Å². The Kier molecular flexibility index (Phi) is 7.06. The summed E-state index contributed by atoms with van der Waals surface area (Å²) in [6.07, 6.45) is 1.62. The number of nitrogens with zero attached hydrogens (tertiary/aromatic N) is 1. The normalized spacial score (nSPS) is 10.5. The Morgan fingerprint density at radius 2 is 1.66 bits per heavy atom. The summed E-state index contributed by atoms with van der Waals surface area (Å²) in [7, 11) is 3.05. The molecule has 178 valence electrons. The fourth-order valence-corrected chi connectivity index (χ4v) is 3.41.